The lowest BCUT2D eigenvalue weighted by atomic mass is 10.0. The van der Waals surface area contributed by atoms with Crippen LogP contribution in [0.25, 0.3) is 0 Å². The normalized spacial score (nSPS) is 14.4. The second kappa shape index (κ2) is 42.4. The Kier molecular flexibility index (Phi) is 38.2. The third-order valence-corrected chi connectivity index (χ3v) is 12.2. The highest BCUT2D eigenvalue weighted by molar-refractivity contribution is 5.98. The predicted molar refractivity (Wildman–Crippen MR) is 312 cm³/mol. The molecule has 10 atom stereocenters. The van der Waals surface area contributed by atoms with Crippen molar-refractivity contribution in [3.63, 3.8) is 0 Å². The fourth-order valence-corrected chi connectivity index (χ4v) is 7.77. The van der Waals surface area contributed by atoms with Crippen molar-refractivity contribution in [2.24, 2.45) is 83.0 Å². The van der Waals surface area contributed by atoms with E-state index in [4.69, 9.17) is 63.1 Å². The average molecular weight is 1200 g/mol. The fraction of sp³-hybridized carbons (Fsp3) is 0.708. The number of aliphatic imine (C=N–C) groups is 4. The molecular formula is C48H94N24O12. The number of nitrogens with two attached hydrogens (primary N) is 11. The Morgan fingerprint density at radius 1 is 0.369 bits per heavy atom. The summed E-state index contributed by atoms with van der Waals surface area (Å²) in [4.78, 5) is 151. The second-order valence-electron chi connectivity index (χ2n) is 19.5. The molecular weight excluding hydrogens is 1100 g/mol. The number of carbonyl (C=O) groups excluding carboxylic acids is 10. The zero-order chi connectivity index (χ0) is 63.9. The number of hydrogen-bond acceptors (Lipinski definition) is 18. The van der Waals surface area contributed by atoms with Gasteiger partial charge in [0.15, 0.2) is 23.8 Å². The van der Waals surface area contributed by atoms with E-state index in [0.717, 1.165) is 0 Å². The summed E-state index contributed by atoms with van der Waals surface area (Å²) in [5, 5.41) is 42.9. The summed E-state index contributed by atoms with van der Waals surface area (Å²) in [5.74, 6) is -9.85. The number of aliphatic hydroxyl groups excluding tert-OH is 2. The van der Waals surface area contributed by atoms with Crippen molar-refractivity contribution in [3.8, 4) is 0 Å². The van der Waals surface area contributed by atoms with E-state index in [2.05, 4.69) is 67.8 Å². The van der Waals surface area contributed by atoms with Crippen molar-refractivity contribution in [1.82, 2.24) is 47.9 Å². The number of nitrogens with one attached hydrogen (secondary N) is 9. The van der Waals surface area contributed by atoms with Crippen LogP contribution in [0.1, 0.15) is 111 Å². The highest BCUT2D eigenvalue weighted by Crippen LogP contribution is 2.11. The Morgan fingerprint density at radius 2 is 0.631 bits per heavy atom. The van der Waals surface area contributed by atoms with Crippen LogP contribution in [-0.4, -0.2) is 199 Å². The molecule has 0 aliphatic carbocycles. The molecule has 33 N–H and O–H groups in total. The molecule has 0 saturated heterocycles. The SMILES string of the molecule is CC(=O)N[C@@H](CCCN=C(N)N)C(=O)N[C@@H](C)C(=O)N[C@@H](CO)C(=O)N[C@@H](CCCN=C(N)N)C(=O)N[C@@H](CCCN=C(N)N)C(=O)N[C@@H](CCCCN)C(=O)N[C@@H](CCCCN)C(=O)N[C@@H](CCCN=C(N)N)C(=O)N[C@H](C(N)=O)[C@@H](C)O. The van der Waals surface area contributed by atoms with Crippen molar-refractivity contribution < 1.29 is 58.2 Å². The first-order valence-corrected chi connectivity index (χ1v) is 27.5. The van der Waals surface area contributed by atoms with Crippen LogP contribution in [0.15, 0.2) is 20.0 Å². The van der Waals surface area contributed by atoms with Crippen LogP contribution < -0.4 is 111 Å². The number of unbranched alkanes of at least 4 members (excludes halogenated alkanes) is 2. The van der Waals surface area contributed by atoms with E-state index in [9.17, 15) is 58.2 Å². The van der Waals surface area contributed by atoms with E-state index < -0.39 is 126 Å². The van der Waals surface area contributed by atoms with E-state index in [0.29, 0.717) is 19.3 Å². The molecule has 0 aliphatic rings. The average Bonchev–Trinajstić information content (AvgIpc) is 3.54. The van der Waals surface area contributed by atoms with Gasteiger partial charge in [-0.05, 0) is 117 Å². The molecule has 0 aromatic heterocycles. The van der Waals surface area contributed by atoms with Crippen molar-refractivity contribution in [2.75, 3.05) is 45.9 Å². The van der Waals surface area contributed by atoms with E-state index in [-0.39, 0.29) is 134 Å². The summed E-state index contributed by atoms with van der Waals surface area (Å²) in [7, 11) is 0. The molecule has 36 nitrogen and oxygen atoms in total. The monoisotopic (exact) mass is 1200 g/mol. The molecule has 478 valence electrons. The van der Waals surface area contributed by atoms with Crippen LogP contribution in [0.2, 0.25) is 0 Å². The molecule has 0 aliphatic heterocycles. The molecule has 0 rings (SSSR count). The van der Waals surface area contributed by atoms with E-state index in [1.54, 1.807) is 0 Å². The minimum Gasteiger partial charge on any atom is -0.394 e. The molecule has 0 aromatic rings. The molecule has 0 spiro atoms. The van der Waals surface area contributed by atoms with Gasteiger partial charge in [0.1, 0.15) is 54.4 Å². The molecule has 0 fully saturated rings. The highest BCUT2D eigenvalue weighted by atomic mass is 16.3. The van der Waals surface area contributed by atoms with Gasteiger partial charge in [0.05, 0.1) is 12.7 Å². The minimum absolute atomic E-state index is 0.0155. The molecule has 0 bridgehead atoms. The van der Waals surface area contributed by atoms with Gasteiger partial charge in [0, 0.05) is 33.1 Å². The summed E-state index contributed by atoms with van der Waals surface area (Å²) in [6, 6.07) is -12.8. The van der Waals surface area contributed by atoms with E-state index >= 15 is 0 Å². The molecule has 0 saturated carbocycles. The maximum absolute atomic E-state index is 14.4. The Hall–Kier alpha value is -8.38. The first-order chi connectivity index (χ1) is 39.6. The van der Waals surface area contributed by atoms with Gasteiger partial charge >= 0.3 is 0 Å². The predicted octanol–water partition coefficient (Wildman–Crippen LogP) is -10.3. The summed E-state index contributed by atoms with van der Waals surface area (Å²) >= 11 is 0. The summed E-state index contributed by atoms with van der Waals surface area (Å²) < 4.78 is 0. The highest BCUT2D eigenvalue weighted by Gasteiger charge is 2.35. The number of amides is 10. The topological polar surface area (TPSA) is 655 Å². The number of primary amides is 1. The first-order valence-electron chi connectivity index (χ1n) is 27.5. The maximum Gasteiger partial charge on any atom is 0.245 e. The van der Waals surface area contributed by atoms with Crippen molar-refractivity contribution in [2.45, 2.75) is 171 Å². The Balaban J connectivity index is 6.99. The van der Waals surface area contributed by atoms with Crippen LogP contribution in [-0.2, 0) is 47.9 Å². The minimum atomic E-state index is -1.72. The zero-order valence-corrected chi connectivity index (χ0v) is 48.2. The molecule has 10 amide bonds. The molecule has 0 unspecified atom stereocenters. The smallest absolute Gasteiger partial charge is 0.245 e. The lowest BCUT2D eigenvalue weighted by molar-refractivity contribution is -0.136. The lowest BCUT2D eigenvalue weighted by Crippen LogP contribution is -2.61. The van der Waals surface area contributed by atoms with Gasteiger partial charge in [-0.25, -0.2) is 0 Å². The largest absolute Gasteiger partial charge is 0.394 e. The number of aliphatic hydroxyl groups is 2. The van der Waals surface area contributed by atoms with Crippen molar-refractivity contribution in [3.05, 3.63) is 0 Å². The number of guanidine groups is 4. The van der Waals surface area contributed by atoms with Crippen LogP contribution in [0.5, 0.6) is 0 Å². The second-order valence-corrected chi connectivity index (χ2v) is 19.5. The maximum atomic E-state index is 14.4. The summed E-state index contributed by atoms with van der Waals surface area (Å²) in [6.07, 6.45) is 0.0727. The number of rotatable bonds is 44. The van der Waals surface area contributed by atoms with Gasteiger partial charge in [-0.1, -0.05) is 0 Å². The Morgan fingerprint density at radius 3 is 0.893 bits per heavy atom. The molecule has 84 heavy (non-hydrogen) atoms. The first kappa shape index (κ1) is 75.6. The molecule has 0 aromatic carbocycles. The summed E-state index contributed by atoms with van der Waals surface area (Å²) in [6.45, 7) is 3.21. The lowest BCUT2D eigenvalue weighted by Gasteiger charge is -2.28. The molecule has 36 heteroatoms. The van der Waals surface area contributed by atoms with Crippen molar-refractivity contribution in [1.29, 1.82) is 0 Å². The third kappa shape index (κ3) is 33.5. The number of carbonyl (C=O) groups is 10. The van der Waals surface area contributed by atoms with Gasteiger partial charge < -0.3 is 121 Å². The molecule has 0 heterocycles. The van der Waals surface area contributed by atoms with E-state index in [1.165, 1.54) is 20.8 Å². The Bertz CT molecular complexity index is 2240. The number of nitrogens with zero attached hydrogens (tertiary/aromatic N) is 4. The van der Waals surface area contributed by atoms with Crippen molar-refractivity contribution >= 4 is 82.9 Å². The van der Waals surface area contributed by atoms with Gasteiger partial charge in [-0.2, -0.15) is 0 Å². The standard InChI is InChI=1S/C48H94N24O12/c1-25(64-38(78)28(65-27(3)75)14-8-20-60-45(52)53)37(77)71-34(24-73)44(84)70-32(16-10-22-62-47(56)57)42(82)68-31(15-9-21-61-46(54)55)41(81)67-29(12-4-6-18-49)39(79)66-30(13-5-7-19-50)40(80)69-33(17-11-23-63-48(58)59)43(83)72-35(26(2)74)36(51)76/h25-26,28-35,73-74H,4-24,49-50H2,1-3H3,(H2,51,76)(H,64,78)(H,65,75)(H,66,79)(H,67,81)(H,68,82)(H,69,80)(H,70,84)(H,71,77)(H,72,83)(H4,52,53,60)(H4,54,55,61)(H4,56,57,62)(H4,58,59,63)/t25-,26+,28-,29-,30-,31-,32-,33-,34-,35-/m0/s1. The molecule has 0 radical (unpaired) electrons. The van der Waals surface area contributed by atoms with Crippen LogP contribution in [0.3, 0.4) is 0 Å². The van der Waals surface area contributed by atoms with Gasteiger partial charge in [-0.3, -0.25) is 67.9 Å². The Labute approximate surface area is 487 Å². The van der Waals surface area contributed by atoms with E-state index in [1.807, 2.05) is 0 Å². The van der Waals surface area contributed by atoms with Crippen LogP contribution in [0.4, 0.5) is 0 Å². The quantitative estimate of drug-likeness (QED) is 0.0153. The van der Waals surface area contributed by atoms with Crippen LogP contribution in [0, 0.1) is 0 Å². The van der Waals surface area contributed by atoms with Crippen LogP contribution >= 0.6 is 0 Å². The summed E-state index contributed by atoms with van der Waals surface area (Å²) in [5.41, 5.74) is 60.6. The van der Waals surface area contributed by atoms with Gasteiger partial charge in [0.25, 0.3) is 0 Å². The number of hydrogen-bond donors (Lipinski definition) is 22. The third-order valence-electron chi connectivity index (χ3n) is 12.2. The van der Waals surface area contributed by atoms with Gasteiger partial charge in [0.2, 0.25) is 59.1 Å². The zero-order valence-electron chi connectivity index (χ0n) is 48.2. The fourth-order valence-electron chi connectivity index (χ4n) is 7.77. The van der Waals surface area contributed by atoms with Gasteiger partial charge in [-0.15, -0.1) is 0 Å².